The first-order valence-electron chi connectivity index (χ1n) is 5.57. The van der Waals surface area contributed by atoms with Crippen LogP contribution in [-0.4, -0.2) is 9.36 Å². The average molecular weight is 258 g/mol. The van der Waals surface area contributed by atoms with E-state index in [0.29, 0.717) is 28.1 Å². The second kappa shape index (κ2) is 4.27. The lowest BCUT2D eigenvalue weighted by atomic mass is 10.2. The molecule has 0 atom stereocenters. The number of nitrogens with zero attached hydrogens (tertiary/aromatic N) is 3. The maximum atomic E-state index is 8.75. The van der Waals surface area contributed by atoms with Gasteiger partial charge in [-0.25, -0.2) is 0 Å². The monoisotopic (exact) mass is 258 g/mol. The Morgan fingerprint density at radius 2 is 2.28 bits per heavy atom. The molecule has 2 aromatic rings. The van der Waals surface area contributed by atoms with Gasteiger partial charge in [-0.05, 0) is 31.0 Å². The van der Waals surface area contributed by atoms with Crippen molar-refractivity contribution in [3.8, 4) is 17.0 Å². The first kappa shape index (κ1) is 11.0. The summed E-state index contributed by atoms with van der Waals surface area (Å²) in [6.45, 7) is 0. The van der Waals surface area contributed by atoms with Crippen molar-refractivity contribution in [2.75, 3.05) is 5.73 Å². The molecule has 1 aromatic carbocycles. The molecule has 0 unspecified atom stereocenters. The van der Waals surface area contributed by atoms with Crippen molar-refractivity contribution in [3.63, 3.8) is 0 Å². The molecule has 0 spiro atoms. The maximum Gasteiger partial charge on any atom is 0.298 e. The van der Waals surface area contributed by atoms with Gasteiger partial charge in [0.1, 0.15) is 5.82 Å². The number of ether oxygens (including phenoxy) is 1. The zero-order valence-corrected chi connectivity index (χ0v) is 10.3. The zero-order valence-electron chi connectivity index (χ0n) is 9.46. The van der Waals surface area contributed by atoms with E-state index in [4.69, 9.17) is 15.7 Å². The number of rotatable bonds is 3. The number of hydrogen-bond donors (Lipinski definition) is 1. The summed E-state index contributed by atoms with van der Waals surface area (Å²) < 4.78 is 9.83. The van der Waals surface area contributed by atoms with Crippen LogP contribution >= 0.6 is 11.5 Å². The SMILES string of the molecule is N#Cc1ccc(Oc2nc(C3CC3)ns2)c(N)c1. The topological polar surface area (TPSA) is 84.8 Å². The van der Waals surface area contributed by atoms with Crippen LogP contribution in [0.5, 0.6) is 10.9 Å². The predicted molar refractivity (Wildman–Crippen MR) is 67.5 cm³/mol. The average Bonchev–Trinajstić information content (AvgIpc) is 3.13. The van der Waals surface area contributed by atoms with Crippen molar-refractivity contribution in [2.45, 2.75) is 18.8 Å². The van der Waals surface area contributed by atoms with E-state index in [1.165, 1.54) is 11.5 Å². The van der Waals surface area contributed by atoms with Crippen molar-refractivity contribution in [1.29, 1.82) is 5.26 Å². The van der Waals surface area contributed by atoms with Crippen LogP contribution in [0.25, 0.3) is 0 Å². The molecule has 1 saturated carbocycles. The van der Waals surface area contributed by atoms with Gasteiger partial charge in [-0.2, -0.15) is 14.6 Å². The number of anilines is 1. The van der Waals surface area contributed by atoms with Crippen molar-refractivity contribution in [3.05, 3.63) is 29.6 Å². The molecule has 0 bridgehead atoms. The van der Waals surface area contributed by atoms with E-state index < -0.39 is 0 Å². The van der Waals surface area contributed by atoms with Crippen molar-refractivity contribution < 1.29 is 4.74 Å². The number of nitriles is 1. The van der Waals surface area contributed by atoms with Crippen molar-refractivity contribution >= 4 is 17.2 Å². The molecule has 1 fully saturated rings. The molecule has 1 heterocycles. The van der Waals surface area contributed by atoms with Crippen LogP contribution in [0.15, 0.2) is 18.2 Å². The summed E-state index contributed by atoms with van der Waals surface area (Å²) in [6.07, 6.45) is 2.32. The van der Waals surface area contributed by atoms with Crippen LogP contribution in [-0.2, 0) is 0 Å². The lowest BCUT2D eigenvalue weighted by molar-refractivity contribution is 0.479. The second-order valence-corrected chi connectivity index (χ2v) is 4.87. The molecule has 0 aliphatic heterocycles. The summed E-state index contributed by atoms with van der Waals surface area (Å²) in [4.78, 5) is 4.32. The Balaban J connectivity index is 1.80. The fourth-order valence-corrected chi connectivity index (χ4v) is 2.20. The molecule has 2 N–H and O–H groups in total. The van der Waals surface area contributed by atoms with E-state index >= 15 is 0 Å². The van der Waals surface area contributed by atoms with E-state index in [2.05, 4.69) is 9.36 Å². The molecule has 1 aromatic heterocycles. The quantitative estimate of drug-likeness (QED) is 0.855. The molecule has 0 radical (unpaired) electrons. The highest BCUT2D eigenvalue weighted by atomic mass is 32.1. The number of aromatic nitrogens is 2. The van der Waals surface area contributed by atoms with Gasteiger partial charge in [0.15, 0.2) is 5.75 Å². The van der Waals surface area contributed by atoms with E-state index in [1.54, 1.807) is 18.2 Å². The largest absolute Gasteiger partial charge is 0.428 e. The van der Waals surface area contributed by atoms with Gasteiger partial charge < -0.3 is 10.5 Å². The fourth-order valence-electron chi connectivity index (χ4n) is 1.57. The number of hydrogen-bond acceptors (Lipinski definition) is 6. The molecule has 1 aliphatic carbocycles. The Morgan fingerprint density at radius 1 is 1.44 bits per heavy atom. The van der Waals surface area contributed by atoms with E-state index in [0.717, 1.165) is 18.7 Å². The van der Waals surface area contributed by atoms with Gasteiger partial charge in [0, 0.05) is 17.5 Å². The Morgan fingerprint density at radius 3 is 2.94 bits per heavy atom. The summed E-state index contributed by atoms with van der Waals surface area (Å²) in [5.74, 6) is 1.88. The third kappa shape index (κ3) is 2.13. The third-order valence-corrected chi connectivity index (χ3v) is 3.31. The number of nitrogens with two attached hydrogens (primary N) is 1. The molecule has 5 nitrogen and oxygen atoms in total. The summed E-state index contributed by atoms with van der Waals surface area (Å²) in [6, 6.07) is 6.94. The Hall–Kier alpha value is -2.13. The molecule has 18 heavy (non-hydrogen) atoms. The van der Waals surface area contributed by atoms with Crippen LogP contribution in [0.4, 0.5) is 5.69 Å². The van der Waals surface area contributed by atoms with E-state index in [9.17, 15) is 0 Å². The van der Waals surface area contributed by atoms with E-state index in [1.807, 2.05) is 6.07 Å². The lowest BCUT2D eigenvalue weighted by Crippen LogP contribution is -1.93. The fraction of sp³-hybridized carbons (Fsp3) is 0.250. The van der Waals surface area contributed by atoms with Crippen molar-refractivity contribution in [1.82, 2.24) is 9.36 Å². The molecular weight excluding hydrogens is 248 g/mol. The van der Waals surface area contributed by atoms with Crippen LogP contribution < -0.4 is 10.5 Å². The van der Waals surface area contributed by atoms with Gasteiger partial charge in [-0.15, -0.1) is 0 Å². The Bertz CT molecular complexity index is 627. The summed E-state index contributed by atoms with van der Waals surface area (Å²) in [5.41, 5.74) is 6.74. The van der Waals surface area contributed by atoms with Gasteiger partial charge in [0.25, 0.3) is 5.19 Å². The van der Waals surface area contributed by atoms with Gasteiger partial charge in [-0.1, -0.05) is 0 Å². The van der Waals surface area contributed by atoms with Crippen LogP contribution in [0.3, 0.4) is 0 Å². The molecule has 1 aliphatic rings. The maximum absolute atomic E-state index is 8.75. The highest BCUT2D eigenvalue weighted by Gasteiger charge is 2.28. The minimum Gasteiger partial charge on any atom is -0.428 e. The standard InChI is InChI=1S/C12H10N4OS/c13-6-7-1-4-10(9(14)5-7)17-12-15-11(16-18-12)8-2-3-8/h1,4-5,8H,2-3,14H2. The van der Waals surface area contributed by atoms with Gasteiger partial charge >= 0.3 is 0 Å². The normalized spacial score (nSPS) is 14.2. The molecular formula is C12H10N4OS. The van der Waals surface area contributed by atoms with E-state index in [-0.39, 0.29) is 0 Å². The highest BCUT2D eigenvalue weighted by molar-refractivity contribution is 7.07. The zero-order chi connectivity index (χ0) is 12.5. The molecule has 0 amide bonds. The van der Waals surface area contributed by atoms with Crippen LogP contribution in [0.1, 0.15) is 30.1 Å². The Kier molecular flexibility index (Phi) is 2.61. The first-order valence-corrected chi connectivity index (χ1v) is 6.34. The molecule has 90 valence electrons. The van der Waals surface area contributed by atoms with Gasteiger partial charge in [0.05, 0.1) is 17.3 Å². The van der Waals surface area contributed by atoms with Crippen LogP contribution in [0, 0.1) is 11.3 Å². The number of nitrogen functional groups attached to an aromatic ring is 1. The summed E-state index contributed by atoms with van der Waals surface area (Å²) >= 11 is 1.23. The van der Waals surface area contributed by atoms with Gasteiger partial charge in [0.2, 0.25) is 0 Å². The minimum absolute atomic E-state index is 0.428. The smallest absolute Gasteiger partial charge is 0.298 e. The summed E-state index contributed by atoms with van der Waals surface area (Å²) in [5, 5.41) is 9.24. The molecule has 3 rings (SSSR count). The first-order chi connectivity index (χ1) is 8.76. The van der Waals surface area contributed by atoms with Crippen LogP contribution in [0.2, 0.25) is 0 Å². The Labute approximate surface area is 108 Å². The third-order valence-electron chi connectivity index (χ3n) is 2.70. The van der Waals surface area contributed by atoms with Crippen molar-refractivity contribution in [2.24, 2.45) is 0 Å². The molecule has 0 saturated heterocycles. The van der Waals surface area contributed by atoms with Gasteiger partial charge in [-0.3, -0.25) is 0 Å². The highest BCUT2D eigenvalue weighted by Crippen LogP contribution is 2.40. The minimum atomic E-state index is 0.428. The predicted octanol–water partition coefficient (Wildman–Crippen LogP) is 2.66. The second-order valence-electron chi connectivity index (χ2n) is 4.16. The summed E-state index contributed by atoms with van der Waals surface area (Å²) in [7, 11) is 0. The molecule has 6 heteroatoms. The number of benzene rings is 1. The lowest BCUT2D eigenvalue weighted by Gasteiger charge is -2.04.